The van der Waals surface area contributed by atoms with E-state index >= 15 is 0 Å². The van der Waals surface area contributed by atoms with Gasteiger partial charge in [0.05, 0.1) is 5.69 Å². The number of thiazole rings is 1. The molecular weight excluding hydrogens is 317 g/mol. The van der Waals surface area contributed by atoms with Crippen LogP contribution in [0.4, 0.5) is 4.39 Å². The van der Waals surface area contributed by atoms with Crippen molar-refractivity contribution in [2.75, 3.05) is 6.54 Å². The summed E-state index contributed by atoms with van der Waals surface area (Å²) in [7, 11) is 0. The summed E-state index contributed by atoms with van der Waals surface area (Å²) in [5, 5.41) is 0.457. The molecule has 5 nitrogen and oxygen atoms in total. The van der Waals surface area contributed by atoms with E-state index in [0.717, 1.165) is 17.8 Å². The number of carbonyl (C=O) groups is 2. The highest BCUT2D eigenvalue weighted by molar-refractivity contribution is 7.17. The molecule has 1 atom stereocenters. The lowest BCUT2D eigenvalue weighted by molar-refractivity contribution is -0.121. The Bertz CT molecular complexity index is 774. The Balaban J connectivity index is 1.94. The topological polar surface area (TPSA) is 76.3 Å². The van der Waals surface area contributed by atoms with Crippen LogP contribution in [0.1, 0.15) is 28.2 Å². The van der Waals surface area contributed by atoms with Crippen molar-refractivity contribution in [2.24, 2.45) is 5.73 Å². The molecule has 1 aromatic heterocycles. The minimum absolute atomic E-state index is 0.260. The van der Waals surface area contributed by atoms with Crippen molar-refractivity contribution in [1.82, 2.24) is 9.88 Å². The van der Waals surface area contributed by atoms with Crippen LogP contribution in [0.15, 0.2) is 24.3 Å². The second-order valence-electron chi connectivity index (χ2n) is 5.47. The van der Waals surface area contributed by atoms with Gasteiger partial charge in [0, 0.05) is 12.1 Å². The van der Waals surface area contributed by atoms with Crippen molar-refractivity contribution in [3.05, 3.63) is 40.7 Å². The van der Waals surface area contributed by atoms with Crippen LogP contribution in [0.25, 0.3) is 10.6 Å². The zero-order chi connectivity index (χ0) is 16.6. The lowest BCUT2D eigenvalue weighted by Crippen LogP contribution is -2.43. The Morgan fingerprint density at radius 3 is 2.83 bits per heavy atom. The molecule has 0 spiro atoms. The molecule has 1 saturated heterocycles. The Morgan fingerprint density at radius 2 is 2.13 bits per heavy atom. The number of benzene rings is 1. The number of nitrogens with zero attached hydrogens (tertiary/aromatic N) is 2. The molecular formula is C16H16FN3O2S. The number of likely N-dealkylation sites (tertiary alicyclic amines) is 1. The molecule has 0 aliphatic carbocycles. The van der Waals surface area contributed by atoms with E-state index in [1.165, 1.54) is 11.0 Å². The molecule has 120 valence electrons. The van der Waals surface area contributed by atoms with Crippen LogP contribution in [0.3, 0.4) is 0 Å². The van der Waals surface area contributed by atoms with Gasteiger partial charge in [0.1, 0.15) is 21.7 Å². The highest BCUT2D eigenvalue weighted by Crippen LogP contribution is 2.31. The van der Waals surface area contributed by atoms with Crippen LogP contribution in [0.2, 0.25) is 0 Å². The summed E-state index contributed by atoms with van der Waals surface area (Å²) in [6.07, 6.45) is 1.33. The molecule has 0 radical (unpaired) electrons. The molecule has 0 saturated carbocycles. The predicted octanol–water partition coefficient (Wildman–Crippen LogP) is 2.35. The lowest BCUT2D eigenvalue weighted by atomic mass is 10.2. The number of carbonyl (C=O) groups excluding carboxylic acids is 2. The Labute approximate surface area is 136 Å². The van der Waals surface area contributed by atoms with Gasteiger partial charge in [-0.1, -0.05) is 12.1 Å². The third kappa shape index (κ3) is 2.84. The molecule has 7 heteroatoms. The summed E-state index contributed by atoms with van der Waals surface area (Å²) in [4.78, 5) is 30.4. The van der Waals surface area contributed by atoms with Gasteiger partial charge < -0.3 is 10.6 Å². The predicted molar refractivity (Wildman–Crippen MR) is 85.5 cm³/mol. The van der Waals surface area contributed by atoms with Gasteiger partial charge in [-0.2, -0.15) is 0 Å². The van der Waals surface area contributed by atoms with Gasteiger partial charge in [-0.05, 0) is 31.9 Å². The molecule has 23 heavy (non-hydrogen) atoms. The summed E-state index contributed by atoms with van der Waals surface area (Å²) < 4.78 is 13.9. The number of aryl methyl sites for hydroxylation is 1. The zero-order valence-corrected chi connectivity index (χ0v) is 13.4. The largest absolute Gasteiger partial charge is 0.368 e. The van der Waals surface area contributed by atoms with Gasteiger partial charge in [0.15, 0.2) is 0 Å². The van der Waals surface area contributed by atoms with Crippen LogP contribution in [-0.2, 0) is 4.79 Å². The third-order valence-corrected chi connectivity index (χ3v) is 5.12. The number of amides is 2. The minimum atomic E-state index is -0.569. The number of aromatic nitrogens is 1. The van der Waals surface area contributed by atoms with Crippen molar-refractivity contribution in [3.63, 3.8) is 0 Å². The molecule has 2 N–H and O–H groups in total. The Morgan fingerprint density at radius 1 is 1.39 bits per heavy atom. The number of nitrogens with two attached hydrogens (primary N) is 1. The summed E-state index contributed by atoms with van der Waals surface area (Å²) >= 11 is 1.14. The fraction of sp³-hybridized carbons (Fsp3) is 0.312. The molecule has 1 unspecified atom stereocenters. The fourth-order valence-corrected chi connectivity index (χ4v) is 3.83. The van der Waals surface area contributed by atoms with E-state index in [1.807, 2.05) is 0 Å². The quantitative estimate of drug-likeness (QED) is 0.937. The molecule has 2 aromatic rings. The van der Waals surface area contributed by atoms with Gasteiger partial charge in [0.25, 0.3) is 5.91 Å². The van der Waals surface area contributed by atoms with Crippen LogP contribution in [0, 0.1) is 12.7 Å². The highest BCUT2D eigenvalue weighted by atomic mass is 32.1. The molecule has 1 aliphatic heterocycles. The molecule has 2 amide bonds. The van der Waals surface area contributed by atoms with Gasteiger partial charge in [-0.25, -0.2) is 9.37 Å². The second-order valence-corrected chi connectivity index (χ2v) is 6.47. The van der Waals surface area contributed by atoms with Crippen LogP contribution < -0.4 is 5.73 Å². The average Bonchev–Trinajstić information content (AvgIpc) is 3.14. The number of hydrogen-bond donors (Lipinski definition) is 1. The van der Waals surface area contributed by atoms with Crippen molar-refractivity contribution in [1.29, 1.82) is 0 Å². The normalized spacial score (nSPS) is 17.5. The number of hydrogen-bond acceptors (Lipinski definition) is 4. The van der Waals surface area contributed by atoms with Gasteiger partial charge >= 0.3 is 0 Å². The van der Waals surface area contributed by atoms with E-state index in [1.54, 1.807) is 25.1 Å². The van der Waals surface area contributed by atoms with Gasteiger partial charge in [-0.15, -0.1) is 11.3 Å². The second kappa shape index (κ2) is 6.08. The van der Waals surface area contributed by atoms with E-state index in [4.69, 9.17) is 5.73 Å². The summed E-state index contributed by atoms with van der Waals surface area (Å²) in [6, 6.07) is 5.75. The minimum Gasteiger partial charge on any atom is -0.368 e. The maximum Gasteiger partial charge on any atom is 0.266 e. The van der Waals surface area contributed by atoms with Crippen molar-refractivity contribution in [3.8, 4) is 10.6 Å². The van der Waals surface area contributed by atoms with Gasteiger partial charge in [0.2, 0.25) is 5.91 Å². The van der Waals surface area contributed by atoms with E-state index in [9.17, 15) is 14.0 Å². The number of halogens is 1. The van der Waals surface area contributed by atoms with Crippen molar-refractivity contribution in [2.45, 2.75) is 25.8 Å². The summed E-state index contributed by atoms with van der Waals surface area (Å²) in [5.41, 5.74) is 6.27. The first-order valence-electron chi connectivity index (χ1n) is 7.31. The SMILES string of the molecule is Cc1nc(-c2ccccc2F)sc1C(=O)N1CCCC1C(N)=O. The molecule has 2 heterocycles. The molecule has 3 rings (SSSR count). The van der Waals surface area contributed by atoms with Crippen LogP contribution in [0.5, 0.6) is 0 Å². The Hall–Kier alpha value is -2.28. The van der Waals surface area contributed by atoms with Crippen LogP contribution >= 0.6 is 11.3 Å². The van der Waals surface area contributed by atoms with Crippen molar-refractivity contribution >= 4 is 23.2 Å². The fourth-order valence-electron chi connectivity index (χ4n) is 2.78. The van der Waals surface area contributed by atoms with Gasteiger partial charge in [-0.3, -0.25) is 9.59 Å². The first-order chi connectivity index (χ1) is 11.0. The standard InChI is InChI=1S/C16H16FN3O2S/c1-9-13(16(22)20-8-4-7-12(20)14(18)21)23-15(19-9)10-5-2-3-6-11(10)17/h2-3,5-6,12H,4,7-8H2,1H3,(H2,18,21). The third-order valence-electron chi connectivity index (χ3n) is 3.94. The molecule has 1 fully saturated rings. The number of primary amides is 1. The Kier molecular flexibility index (Phi) is 4.12. The first-order valence-corrected chi connectivity index (χ1v) is 8.13. The average molecular weight is 333 g/mol. The molecule has 1 aromatic carbocycles. The maximum atomic E-state index is 13.9. The zero-order valence-electron chi connectivity index (χ0n) is 12.6. The molecule has 1 aliphatic rings. The highest BCUT2D eigenvalue weighted by Gasteiger charge is 2.34. The van der Waals surface area contributed by atoms with E-state index in [2.05, 4.69) is 4.98 Å². The molecule has 0 bridgehead atoms. The lowest BCUT2D eigenvalue weighted by Gasteiger charge is -2.21. The van der Waals surface area contributed by atoms with Crippen LogP contribution in [-0.4, -0.2) is 34.3 Å². The monoisotopic (exact) mass is 333 g/mol. The maximum absolute atomic E-state index is 13.9. The van der Waals surface area contributed by atoms with E-state index in [-0.39, 0.29) is 11.7 Å². The first kappa shape index (κ1) is 15.6. The summed E-state index contributed by atoms with van der Waals surface area (Å²) in [6.45, 7) is 2.21. The van der Waals surface area contributed by atoms with Crippen molar-refractivity contribution < 1.29 is 14.0 Å². The smallest absolute Gasteiger partial charge is 0.266 e. The van der Waals surface area contributed by atoms with E-state index < -0.39 is 11.9 Å². The van der Waals surface area contributed by atoms with E-state index in [0.29, 0.717) is 34.1 Å². The summed E-state index contributed by atoms with van der Waals surface area (Å²) in [5.74, 6) is -1.13. The number of rotatable bonds is 3.